The molecule has 0 saturated carbocycles. The van der Waals surface area contributed by atoms with Gasteiger partial charge < -0.3 is 25.2 Å². The third-order valence-electron chi connectivity index (χ3n) is 6.31. The van der Waals surface area contributed by atoms with Crippen LogP contribution in [0.3, 0.4) is 0 Å². The Balaban J connectivity index is 1.35. The lowest BCUT2D eigenvalue weighted by Crippen LogP contribution is -2.50. The van der Waals surface area contributed by atoms with Gasteiger partial charge in [0.2, 0.25) is 5.91 Å². The van der Waals surface area contributed by atoms with E-state index in [1.807, 2.05) is 45.0 Å². The number of carbonyl (C=O) groups is 2. The predicted octanol–water partition coefficient (Wildman–Crippen LogP) is 4.31. The van der Waals surface area contributed by atoms with Crippen molar-refractivity contribution in [3.05, 3.63) is 79.1 Å². The SMILES string of the molecule is CC(C)(C)OC(=O)N1CCN(c2cc(-c3cc(NC(=O)Cc4cccnc4)cc(Nc4cnccn4)n3)ccn2)CC1. The monoisotopic (exact) mass is 567 g/mol. The quantitative estimate of drug-likeness (QED) is 0.332. The number of pyridine rings is 3. The smallest absolute Gasteiger partial charge is 0.410 e. The van der Waals surface area contributed by atoms with Gasteiger partial charge in [0.05, 0.1) is 18.3 Å². The molecule has 216 valence electrons. The van der Waals surface area contributed by atoms with Gasteiger partial charge in [0.25, 0.3) is 0 Å². The van der Waals surface area contributed by atoms with Gasteiger partial charge in [-0.2, -0.15) is 0 Å². The van der Waals surface area contributed by atoms with E-state index in [9.17, 15) is 9.59 Å². The number of nitrogens with one attached hydrogen (secondary N) is 2. The summed E-state index contributed by atoms with van der Waals surface area (Å²) >= 11 is 0. The van der Waals surface area contributed by atoms with E-state index < -0.39 is 5.60 Å². The van der Waals surface area contributed by atoms with Crippen LogP contribution in [0.2, 0.25) is 0 Å². The van der Waals surface area contributed by atoms with Gasteiger partial charge in [-0.15, -0.1) is 0 Å². The van der Waals surface area contributed by atoms with Crippen LogP contribution in [0.4, 0.5) is 27.9 Å². The van der Waals surface area contributed by atoms with Crippen LogP contribution < -0.4 is 15.5 Å². The highest BCUT2D eigenvalue weighted by Crippen LogP contribution is 2.28. The summed E-state index contributed by atoms with van der Waals surface area (Å²) in [7, 11) is 0. The summed E-state index contributed by atoms with van der Waals surface area (Å²) in [6.07, 6.45) is 9.72. The molecular weight excluding hydrogens is 534 g/mol. The van der Waals surface area contributed by atoms with E-state index in [0.29, 0.717) is 49.2 Å². The van der Waals surface area contributed by atoms with Crippen molar-refractivity contribution in [1.29, 1.82) is 0 Å². The van der Waals surface area contributed by atoms with Crippen LogP contribution >= 0.6 is 0 Å². The van der Waals surface area contributed by atoms with Crippen molar-refractivity contribution >= 4 is 35.1 Å². The van der Waals surface area contributed by atoms with Crippen molar-refractivity contribution in [3.63, 3.8) is 0 Å². The molecule has 0 atom stereocenters. The topological polar surface area (TPSA) is 138 Å². The largest absolute Gasteiger partial charge is 0.444 e. The Labute approximate surface area is 244 Å². The molecule has 0 unspecified atom stereocenters. The van der Waals surface area contributed by atoms with Gasteiger partial charge in [0.15, 0.2) is 0 Å². The van der Waals surface area contributed by atoms with Crippen molar-refractivity contribution in [2.75, 3.05) is 41.7 Å². The van der Waals surface area contributed by atoms with Gasteiger partial charge in [-0.3, -0.25) is 14.8 Å². The molecule has 0 aromatic carbocycles. The molecule has 0 bridgehead atoms. The highest BCUT2D eigenvalue weighted by molar-refractivity contribution is 5.93. The van der Waals surface area contributed by atoms with Crippen LogP contribution in [0.5, 0.6) is 0 Å². The van der Waals surface area contributed by atoms with Crippen LogP contribution in [0.25, 0.3) is 11.3 Å². The molecule has 4 aromatic heterocycles. The first-order chi connectivity index (χ1) is 20.2. The number of piperazine rings is 1. The number of hydrogen-bond donors (Lipinski definition) is 2. The summed E-state index contributed by atoms with van der Waals surface area (Å²) in [6, 6.07) is 11.1. The second kappa shape index (κ2) is 12.6. The molecule has 42 heavy (non-hydrogen) atoms. The van der Waals surface area contributed by atoms with Crippen molar-refractivity contribution in [1.82, 2.24) is 29.8 Å². The first kappa shape index (κ1) is 28.4. The maximum atomic E-state index is 12.9. The fraction of sp³-hybridized carbons (Fsp3) is 0.300. The number of rotatable bonds is 7. The van der Waals surface area contributed by atoms with Crippen molar-refractivity contribution in [3.8, 4) is 11.3 Å². The second-order valence-electron chi connectivity index (χ2n) is 10.8. The summed E-state index contributed by atoms with van der Waals surface area (Å²) in [5, 5.41) is 6.14. The Bertz CT molecular complexity index is 1520. The average Bonchev–Trinajstić information content (AvgIpc) is 2.97. The first-order valence-corrected chi connectivity index (χ1v) is 13.6. The number of nitrogens with zero attached hydrogens (tertiary/aromatic N) is 7. The van der Waals surface area contributed by atoms with Gasteiger partial charge in [-0.1, -0.05) is 6.07 Å². The number of aromatic nitrogens is 5. The molecule has 12 heteroatoms. The van der Waals surface area contributed by atoms with Crippen LogP contribution in [-0.4, -0.2) is 73.6 Å². The summed E-state index contributed by atoms with van der Waals surface area (Å²) in [4.78, 5) is 51.0. The summed E-state index contributed by atoms with van der Waals surface area (Å²) in [6.45, 7) is 7.88. The molecule has 0 radical (unpaired) electrons. The molecule has 0 aliphatic carbocycles. The van der Waals surface area contributed by atoms with Crippen molar-refractivity contribution in [2.45, 2.75) is 32.8 Å². The number of anilines is 4. The molecule has 2 N–H and O–H groups in total. The van der Waals surface area contributed by atoms with Crippen LogP contribution in [0.1, 0.15) is 26.3 Å². The maximum absolute atomic E-state index is 12.9. The highest BCUT2D eigenvalue weighted by Gasteiger charge is 2.26. The minimum atomic E-state index is -0.537. The van der Waals surface area contributed by atoms with Crippen molar-refractivity contribution < 1.29 is 14.3 Å². The fourth-order valence-corrected chi connectivity index (χ4v) is 4.40. The average molecular weight is 568 g/mol. The molecule has 5 rings (SSSR count). The van der Waals surface area contributed by atoms with Gasteiger partial charge in [0.1, 0.15) is 23.1 Å². The van der Waals surface area contributed by atoms with Crippen molar-refractivity contribution in [2.24, 2.45) is 0 Å². The van der Waals surface area contributed by atoms with Gasteiger partial charge in [-0.25, -0.2) is 19.7 Å². The number of hydrogen-bond acceptors (Lipinski definition) is 10. The second-order valence-corrected chi connectivity index (χ2v) is 10.8. The minimum Gasteiger partial charge on any atom is -0.444 e. The normalized spacial score (nSPS) is 13.4. The number of amides is 2. The van der Waals surface area contributed by atoms with Gasteiger partial charge >= 0.3 is 6.09 Å². The van der Waals surface area contributed by atoms with E-state index in [-0.39, 0.29) is 18.4 Å². The van der Waals surface area contributed by atoms with E-state index in [1.54, 1.807) is 54.2 Å². The molecule has 2 amide bonds. The fourth-order valence-electron chi connectivity index (χ4n) is 4.40. The van der Waals surface area contributed by atoms with Crippen LogP contribution in [0, 0.1) is 0 Å². The first-order valence-electron chi connectivity index (χ1n) is 13.6. The Hall–Kier alpha value is -5.13. The Kier molecular flexibility index (Phi) is 8.51. The Morgan fingerprint density at radius 3 is 2.43 bits per heavy atom. The van der Waals surface area contributed by atoms with Gasteiger partial charge in [0, 0.05) is 74.5 Å². The standard InChI is InChI=1S/C30H33N9O3/c1-30(2,3)42-29(41)39-13-11-38(12-14-39)27-16-22(6-8-34-27)24-17-23(35-28(40)15-21-5-4-7-31-19-21)18-25(36-24)37-26-20-32-9-10-33-26/h4-10,16-20H,11-15H2,1-3H3,(H2,33,35,36,37,40). The van der Waals surface area contributed by atoms with Gasteiger partial charge in [-0.05, 0) is 50.6 Å². The molecule has 5 heterocycles. The Morgan fingerprint density at radius 2 is 1.71 bits per heavy atom. The zero-order valence-electron chi connectivity index (χ0n) is 23.8. The molecule has 4 aromatic rings. The molecule has 1 saturated heterocycles. The predicted molar refractivity (Wildman–Crippen MR) is 159 cm³/mol. The lowest BCUT2D eigenvalue weighted by molar-refractivity contribution is -0.115. The third-order valence-corrected chi connectivity index (χ3v) is 6.31. The summed E-state index contributed by atoms with van der Waals surface area (Å²) in [5.41, 5.74) is 2.30. The molecule has 1 aliphatic rings. The maximum Gasteiger partial charge on any atom is 0.410 e. The molecule has 12 nitrogen and oxygen atoms in total. The Morgan fingerprint density at radius 1 is 0.905 bits per heavy atom. The highest BCUT2D eigenvalue weighted by atomic mass is 16.6. The molecular formula is C30H33N9O3. The van der Waals surface area contributed by atoms with E-state index in [0.717, 1.165) is 16.9 Å². The molecule has 0 spiro atoms. The van der Waals surface area contributed by atoms with E-state index >= 15 is 0 Å². The number of carbonyl (C=O) groups excluding carboxylic acids is 2. The van der Waals surface area contributed by atoms with Crippen LogP contribution in [0.15, 0.2) is 73.6 Å². The third kappa shape index (κ3) is 7.74. The zero-order chi connectivity index (χ0) is 29.5. The molecule has 1 fully saturated rings. The minimum absolute atomic E-state index is 0.177. The number of ether oxygens (including phenoxy) is 1. The lowest BCUT2D eigenvalue weighted by Gasteiger charge is -2.36. The lowest BCUT2D eigenvalue weighted by atomic mass is 10.1. The van der Waals surface area contributed by atoms with E-state index in [4.69, 9.17) is 9.72 Å². The zero-order valence-corrected chi connectivity index (χ0v) is 23.8. The van der Waals surface area contributed by atoms with E-state index in [1.165, 1.54) is 0 Å². The summed E-state index contributed by atoms with van der Waals surface area (Å²) in [5.74, 6) is 1.61. The van der Waals surface area contributed by atoms with Crippen LogP contribution in [-0.2, 0) is 16.0 Å². The molecule has 1 aliphatic heterocycles. The van der Waals surface area contributed by atoms with E-state index in [2.05, 4.69) is 35.5 Å². The summed E-state index contributed by atoms with van der Waals surface area (Å²) < 4.78 is 5.52.